The molecule has 4 heteroatoms. The van der Waals surface area contributed by atoms with Crippen LogP contribution in [0.4, 0.5) is 5.69 Å². The van der Waals surface area contributed by atoms with Crippen LogP contribution in [0.15, 0.2) is 30.6 Å². The molecule has 0 aliphatic heterocycles. The van der Waals surface area contributed by atoms with E-state index in [0.717, 1.165) is 23.7 Å². The Morgan fingerprint density at radius 3 is 2.83 bits per heavy atom. The number of benzene rings is 1. The summed E-state index contributed by atoms with van der Waals surface area (Å²) < 4.78 is 7.70. The predicted octanol–water partition coefficient (Wildman–Crippen LogP) is 2.80. The van der Waals surface area contributed by atoms with Crippen LogP contribution in [0.2, 0.25) is 0 Å². The SMILES string of the molecule is CCc1nccn1-c1cccc(OC(C)C)c1N. The molecule has 1 heterocycles. The first-order valence-electron chi connectivity index (χ1n) is 6.21. The van der Waals surface area contributed by atoms with Crippen LogP contribution in [0.1, 0.15) is 26.6 Å². The fourth-order valence-corrected chi connectivity index (χ4v) is 1.91. The van der Waals surface area contributed by atoms with Gasteiger partial charge in [0.25, 0.3) is 0 Å². The van der Waals surface area contributed by atoms with E-state index in [4.69, 9.17) is 10.5 Å². The molecule has 2 rings (SSSR count). The maximum atomic E-state index is 6.17. The van der Waals surface area contributed by atoms with Gasteiger partial charge in [-0.05, 0) is 26.0 Å². The Morgan fingerprint density at radius 2 is 2.17 bits per heavy atom. The summed E-state index contributed by atoms with van der Waals surface area (Å²) in [5, 5.41) is 0. The molecule has 18 heavy (non-hydrogen) atoms. The lowest BCUT2D eigenvalue weighted by atomic mass is 10.2. The summed E-state index contributed by atoms with van der Waals surface area (Å²) in [6.07, 6.45) is 4.68. The number of hydrogen-bond acceptors (Lipinski definition) is 3. The van der Waals surface area contributed by atoms with Gasteiger partial charge < -0.3 is 15.0 Å². The second-order valence-electron chi connectivity index (χ2n) is 4.42. The topological polar surface area (TPSA) is 53.1 Å². The number of nitrogens with two attached hydrogens (primary N) is 1. The first-order valence-corrected chi connectivity index (χ1v) is 6.21. The van der Waals surface area contributed by atoms with Gasteiger partial charge in [0.2, 0.25) is 0 Å². The number of para-hydroxylation sites is 1. The molecule has 0 unspecified atom stereocenters. The number of rotatable bonds is 4. The molecular weight excluding hydrogens is 226 g/mol. The number of nitrogen functional groups attached to an aromatic ring is 1. The van der Waals surface area contributed by atoms with E-state index in [0.29, 0.717) is 5.69 Å². The largest absolute Gasteiger partial charge is 0.489 e. The standard InChI is InChI=1S/C14H19N3O/c1-4-13-16-8-9-17(13)11-6-5-7-12(14(11)15)18-10(2)3/h5-10H,4,15H2,1-3H3. The first-order chi connectivity index (χ1) is 8.63. The minimum atomic E-state index is 0.107. The third kappa shape index (κ3) is 2.32. The van der Waals surface area contributed by atoms with Crippen LogP contribution in [0.3, 0.4) is 0 Å². The van der Waals surface area contributed by atoms with Crippen LogP contribution >= 0.6 is 0 Å². The molecule has 2 aromatic rings. The van der Waals surface area contributed by atoms with Crippen LogP contribution in [0.25, 0.3) is 5.69 Å². The van der Waals surface area contributed by atoms with Crippen molar-refractivity contribution in [2.24, 2.45) is 0 Å². The maximum Gasteiger partial charge on any atom is 0.144 e. The second kappa shape index (κ2) is 5.12. The van der Waals surface area contributed by atoms with Crippen molar-refractivity contribution >= 4 is 5.69 Å². The van der Waals surface area contributed by atoms with Crippen LogP contribution < -0.4 is 10.5 Å². The normalized spacial score (nSPS) is 10.9. The van der Waals surface area contributed by atoms with Gasteiger partial charge in [0, 0.05) is 18.8 Å². The summed E-state index contributed by atoms with van der Waals surface area (Å²) in [5.41, 5.74) is 7.74. The van der Waals surface area contributed by atoms with Gasteiger partial charge in [-0.3, -0.25) is 0 Å². The summed E-state index contributed by atoms with van der Waals surface area (Å²) in [7, 11) is 0. The van der Waals surface area contributed by atoms with Gasteiger partial charge in [-0.2, -0.15) is 0 Å². The zero-order chi connectivity index (χ0) is 13.1. The molecule has 0 saturated heterocycles. The average molecular weight is 245 g/mol. The van der Waals surface area contributed by atoms with Crippen molar-refractivity contribution in [1.29, 1.82) is 0 Å². The molecule has 0 aliphatic rings. The van der Waals surface area contributed by atoms with Crippen molar-refractivity contribution in [3.05, 3.63) is 36.4 Å². The summed E-state index contributed by atoms with van der Waals surface area (Å²) in [6.45, 7) is 6.05. The second-order valence-corrected chi connectivity index (χ2v) is 4.42. The first kappa shape index (κ1) is 12.5. The van der Waals surface area contributed by atoms with E-state index in [-0.39, 0.29) is 6.10 Å². The van der Waals surface area contributed by atoms with Gasteiger partial charge in [0.05, 0.1) is 17.5 Å². The van der Waals surface area contributed by atoms with E-state index >= 15 is 0 Å². The van der Waals surface area contributed by atoms with Crippen molar-refractivity contribution in [2.75, 3.05) is 5.73 Å². The molecule has 0 aliphatic carbocycles. The Morgan fingerprint density at radius 1 is 1.39 bits per heavy atom. The Labute approximate surface area is 107 Å². The van der Waals surface area contributed by atoms with E-state index in [1.54, 1.807) is 6.20 Å². The molecule has 96 valence electrons. The van der Waals surface area contributed by atoms with Crippen LogP contribution in [0.5, 0.6) is 5.75 Å². The van der Waals surface area contributed by atoms with Crippen molar-refractivity contribution < 1.29 is 4.74 Å². The number of aryl methyl sites for hydroxylation is 1. The van der Waals surface area contributed by atoms with Crippen molar-refractivity contribution in [3.8, 4) is 11.4 Å². The van der Waals surface area contributed by atoms with Gasteiger partial charge in [-0.15, -0.1) is 0 Å². The summed E-state index contributed by atoms with van der Waals surface area (Å²) in [4.78, 5) is 4.31. The quantitative estimate of drug-likeness (QED) is 0.843. The third-order valence-corrected chi connectivity index (χ3v) is 2.70. The van der Waals surface area contributed by atoms with E-state index in [1.807, 2.05) is 42.8 Å². The van der Waals surface area contributed by atoms with E-state index in [9.17, 15) is 0 Å². The van der Waals surface area contributed by atoms with Gasteiger partial charge >= 0.3 is 0 Å². The number of aromatic nitrogens is 2. The molecule has 0 spiro atoms. The van der Waals surface area contributed by atoms with Gasteiger partial charge in [0.15, 0.2) is 0 Å². The minimum absolute atomic E-state index is 0.107. The lowest BCUT2D eigenvalue weighted by molar-refractivity contribution is 0.244. The zero-order valence-electron chi connectivity index (χ0n) is 11.1. The summed E-state index contributed by atoms with van der Waals surface area (Å²) in [5.74, 6) is 1.71. The highest BCUT2D eigenvalue weighted by Crippen LogP contribution is 2.29. The molecule has 0 bridgehead atoms. The van der Waals surface area contributed by atoms with Gasteiger partial charge in [-0.1, -0.05) is 13.0 Å². The fourth-order valence-electron chi connectivity index (χ4n) is 1.91. The molecule has 0 amide bonds. The molecule has 0 radical (unpaired) electrons. The van der Waals surface area contributed by atoms with Crippen LogP contribution in [0, 0.1) is 0 Å². The number of ether oxygens (including phenoxy) is 1. The number of hydrogen-bond donors (Lipinski definition) is 1. The molecule has 1 aromatic carbocycles. The van der Waals surface area contributed by atoms with E-state index < -0.39 is 0 Å². The third-order valence-electron chi connectivity index (χ3n) is 2.70. The Bertz CT molecular complexity index is 532. The molecule has 0 fully saturated rings. The molecule has 0 saturated carbocycles. The van der Waals surface area contributed by atoms with E-state index in [1.165, 1.54) is 0 Å². The van der Waals surface area contributed by atoms with E-state index in [2.05, 4.69) is 11.9 Å². The monoisotopic (exact) mass is 245 g/mol. The van der Waals surface area contributed by atoms with Crippen LogP contribution in [-0.2, 0) is 6.42 Å². The van der Waals surface area contributed by atoms with Crippen molar-refractivity contribution in [3.63, 3.8) is 0 Å². The minimum Gasteiger partial charge on any atom is -0.489 e. The highest BCUT2D eigenvalue weighted by molar-refractivity contribution is 5.66. The Kier molecular flexibility index (Phi) is 3.55. The lowest BCUT2D eigenvalue weighted by Gasteiger charge is -2.16. The Balaban J connectivity index is 2.46. The highest BCUT2D eigenvalue weighted by Gasteiger charge is 2.11. The zero-order valence-corrected chi connectivity index (χ0v) is 11.1. The molecule has 0 atom stereocenters. The summed E-state index contributed by atoms with van der Waals surface area (Å²) >= 11 is 0. The van der Waals surface area contributed by atoms with Crippen molar-refractivity contribution in [2.45, 2.75) is 33.3 Å². The summed E-state index contributed by atoms with van der Waals surface area (Å²) in [6, 6.07) is 5.81. The lowest BCUT2D eigenvalue weighted by Crippen LogP contribution is -2.10. The number of imidazole rings is 1. The predicted molar refractivity (Wildman–Crippen MR) is 73.1 cm³/mol. The van der Waals surface area contributed by atoms with Gasteiger partial charge in [0.1, 0.15) is 11.6 Å². The maximum absolute atomic E-state index is 6.17. The van der Waals surface area contributed by atoms with Gasteiger partial charge in [-0.25, -0.2) is 4.98 Å². The number of nitrogens with zero attached hydrogens (tertiary/aromatic N) is 2. The van der Waals surface area contributed by atoms with Crippen LogP contribution in [-0.4, -0.2) is 15.7 Å². The fraction of sp³-hybridized carbons (Fsp3) is 0.357. The number of anilines is 1. The molecule has 2 N–H and O–H groups in total. The average Bonchev–Trinajstić information content (AvgIpc) is 2.79. The Hall–Kier alpha value is -1.97. The van der Waals surface area contributed by atoms with Crippen molar-refractivity contribution in [1.82, 2.24) is 9.55 Å². The smallest absolute Gasteiger partial charge is 0.144 e. The highest BCUT2D eigenvalue weighted by atomic mass is 16.5. The molecule has 1 aromatic heterocycles. The molecular formula is C14H19N3O. The molecule has 4 nitrogen and oxygen atoms in total.